The standard InChI is InChI=1S/C14H15N3O2/c1-9-13(18-3)6-5-11(14(9)19-4)12-7-10(8-15)16-17(12)2/h5-7H,1-4H3. The molecule has 0 radical (unpaired) electrons. The number of benzene rings is 1. The Kier molecular flexibility index (Phi) is 3.43. The topological polar surface area (TPSA) is 60.1 Å². The monoisotopic (exact) mass is 257 g/mol. The third kappa shape index (κ3) is 2.13. The predicted molar refractivity (Wildman–Crippen MR) is 71.2 cm³/mol. The Morgan fingerprint density at radius 1 is 1.26 bits per heavy atom. The lowest BCUT2D eigenvalue weighted by Gasteiger charge is -2.14. The molecule has 0 aliphatic carbocycles. The van der Waals surface area contributed by atoms with Crippen LogP contribution in [0.25, 0.3) is 11.3 Å². The van der Waals surface area contributed by atoms with Crippen molar-refractivity contribution < 1.29 is 9.47 Å². The lowest BCUT2D eigenvalue weighted by Crippen LogP contribution is -1.99. The van der Waals surface area contributed by atoms with E-state index in [1.807, 2.05) is 25.1 Å². The Hall–Kier alpha value is -2.48. The number of aryl methyl sites for hydroxylation is 1. The molecule has 0 N–H and O–H groups in total. The summed E-state index contributed by atoms with van der Waals surface area (Å²) < 4.78 is 12.4. The molecule has 0 amide bonds. The minimum Gasteiger partial charge on any atom is -0.496 e. The highest BCUT2D eigenvalue weighted by Crippen LogP contribution is 2.37. The SMILES string of the molecule is COc1ccc(-c2cc(C#N)nn2C)c(OC)c1C. The number of nitrogens with zero attached hydrogens (tertiary/aromatic N) is 3. The van der Waals surface area contributed by atoms with E-state index in [9.17, 15) is 0 Å². The van der Waals surface area contributed by atoms with Crippen molar-refractivity contribution in [2.24, 2.45) is 7.05 Å². The van der Waals surface area contributed by atoms with Crippen LogP contribution in [0.1, 0.15) is 11.3 Å². The van der Waals surface area contributed by atoms with Gasteiger partial charge in [-0.2, -0.15) is 10.4 Å². The normalized spacial score (nSPS) is 10.1. The zero-order valence-electron chi connectivity index (χ0n) is 11.4. The molecule has 2 rings (SSSR count). The molecule has 0 fully saturated rings. The number of nitriles is 1. The Bertz CT molecular complexity index is 653. The number of aromatic nitrogens is 2. The van der Waals surface area contributed by atoms with Crippen LogP contribution >= 0.6 is 0 Å². The molecular formula is C14H15N3O2. The maximum atomic E-state index is 8.91. The lowest BCUT2D eigenvalue weighted by atomic mass is 10.1. The number of ether oxygens (including phenoxy) is 2. The fourth-order valence-corrected chi connectivity index (χ4v) is 2.13. The molecular weight excluding hydrogens is 242 g/mol. The smallest absolute Gasteiger partial charge is 0.163 e. The van der Waals surface area contributed by atoms with E-state index >= 15 is 0 Å². The van der Waals surface area contributed by atoms with Crippen molar-refractivity contribution in [2.75, 3.05) is 14.2 Å². The average molecular weight is 257 g/mol. The molecule has 0 spiro atoms. The van der Waals surface area contributed by atoms with Crippen LogP contribution in [0.15, 0.2) is 18.2 Å². The van der Waals surface area contributed by atoms with Gasteiger partial charge in [-0.1, -0.05) is 0 Å². The quantitative estimate of drug-likeness (QED) is 0.846. The van der Waals surface area contributed by atoms with Gasteiger partial charge >= 0.3 is 0 Å². The summed E-state index contributed by atoms with van der Waals surface area (Å²) in [6.07, 6.45) is 0. The minimum absolute atomic E-state index is 0.382. The van der Waals surface area contributed by atoms with Crippen molar-refractivity contribution in [3.63, 3.8) is 0 Å². The van der Waals surface area contributed by atoms with E-state index in [2.05, 4.69) is 5.10 Å². The predicted octanol–water partition coefficient (Wildman–Crippen LogP) is 2.28. The molecule has 5 heteroatoms. The third-order valence-electron chi connectivity index (χ3n) is 3.05. The van der Waals surface area contributed by atoms with Crippen molar-refractivity contribution in [3.05, 3.63) is 29.5 Å². The Labute approximate surface area is 112 Å². The van der Waals surface area contributed by atoms with Gasteiger partial charge in [0.2, 0.25) is 0 Å². The van der Waals surface area contributed by atoms with Crippen molar-refractivity contribution in [1.82, 2.24) is 9.78 Å². The van der Waals surface area contributed by atoms with Crippen LogP contribution in [-0.4, -0.2) is 24.0 Å². The van der Waals surface area contributed by atoms with Crippen LogP contribution in [0.2, 0.25) is 0 Å². The highest BCUT2D eigenvalue weighted by atomic mass is 16.5. The van der Waals surface area contributed by atoms with Gasteiger partial charge in [0, 0.05) is 24.2 Å². The van der Waals surface area contributed by atoms with Gasteiger partial charge in [-0.3, -0.25) is 4.68 Å². The van der Waals surface area contributed by atoms with Crippen LogP contribution < -0.4 is 9.47 Å². The summed E-state index contributed by atoms with van der Waals surface area (Å²) in [6.45, 7) is 1.93. The van der Waals surface area contributed by atoms with Crippen molar-refractivity contribution in [2.45, 2.75) is 6.92 Å². The molecule has 5 nitrogen and oxygen atoms in total. The molecule has 0 aliphatic rings. The molecule has 2 aromatic rings. The van der Waals surface area contributed by atoms with E-state index in [1.165, 1.54) is 0 Å². The van der Waals surface area contributed by atoms with Gasteiger partial charge < -0.3 is 9.47 Å². The third-order valence-corrected chi connectivity index (χ3v) is 3.05. The van der Waals surface area contributed by atoms with Crippen LogP contribution in [0.5, 0.6) is 11.5 Å². The van der Waals surface area contributed by atoms with E-state index in [0.717, 1.165) is 28.3 Å². The Morgan fingerprint density at radius 3 is 2.53 bits per heavy atom. The number of hydrogen-bond donors (Lipinski definition) is 0. The summed E-state index contributed by atoms with van der Waals surface area (Å²) in [5, 5.41) is 13.0. The van der Waals surface area contributed by atoms with Gasteiger partial charge in [0.15, 0.2) is 5.69 Å². The van der Waals surface area contributed by atoms with Crippen LogP contribution in [0.3, 0.4) is 0 Å². The van der Waals surface area contributed by atoms with Gasteiger partial charge in [-0.05, 0) is 19.1 Å². The zero-order valence-corrected chi connectivity index (χ0v) is 11.4. The second kappa shape index (κ2) is 5.02. The Balaban J connectivity index is 2.65. The largest absolute Gasteiger partial charge is 0.496 e. The molecule has 0 aliphatic heterocycles. The molecule has 0 saturated heterocycles. The molecule has 1 aromatic carbocycles. The second-order valence-electron chi connectivity index (χ2n) is 4.12. The molecule has 0 saturated carbocycles. The first-order chi connectivity index (χ1) is 9.12. The molecule has 0 atom stereocenters. The van der Waals surface area contributed by atoms with Gasteiger partial charge in [-0.25, -0.2) is 0 Å². The molecule has 0 unspecified atom stereocenters. The minimum atomic E-state index is 0.382. The van der Waals surface area contributed by atoms with E-state index in [1.54, 1.807) is 32.0 Å². The maximum absolute atomic E-state index is 8.91. The highest BCUT2D eigenvalue weighted by molar-refractivity contribution is 5.72. The summed E-state index contributed by atoms with van der Waals surface area (Å²) in [4.78, 5) is 0. The van der Waals surface area contributed by atoms with Gasteiger partial charge in [-0.15, -0.1) is 0 Å². The number of methoxy groups -OCH3 is 2. The summed E-state index contributed by atoms with van der Waals surface area (Å²) in [7, 11) is 5.04. The molecule has 19 heavy (non-hydrogen) atoms. The summed E-state index contributed by atoms with van der Waals surface area (Å²) in [6, 6.07) is 7.56. The van der Waals surface area contributed by atoms with E-state index in [0.29, 0.717) is 5.69 Å². The van der Waals surface area contributed by atoms with Gasteiger partial charge in [0.1, 0.15) is 17.6 Å². The maximum Gasteiger partial charge on any atom is 0.163 e. The Morgan fingerprint density at radius 2 is 2.00 bits per heavy atom. The first-order valence-corrected chi connectivity index (χ1v) is 5.78. The van der Waals surface area contributed by atoms with Crippen molar-refractivity contribution in [3.8, 4) is 28.8 Å². The van der Waals surface area contributed by atoms with Gasteiger partial charge in [0.25, 0.3) is 0 Å². The number of rotatable bonds is 3. The zero-order chi connectivity index (χ0) is 14.0. The van der Waals surface area contributed by atoms with Crippen molar-refractivity contribution in [1.29, 1.82) is 5.26 Å². The molecule has 1 aromatic heterocycles. The van der Waals surface area contributed by atoms with E-state index in [4.69, 9.17) is 14.7 Å². The van der Waals surface area contributed by atoms with Gasteiger partial charge in [0.05, 0.1) is 19.9 Å². The lowest BCUT2D eigenvalue weighted by molar-refractivity contribution is 0.389. The average Bonchev–Trinajstić information content (AvgIpc) is 2.79. The molecule has 0 bridgehead atoms. The van der Waals surface area contributed by atoms with Crippen LogP contribution in [-0.2, 0) is 7.05 Å². The fraction of sp³-hybridized carbons (Fsp3) is 0.286. The molecule has 98 valence electrons. The van der Waals surface area contributed by atoms with E-state index < -0.39 is 0 Å². The van der Waals surface area contributed by atoms with Crippen molar-refractivity contribution >= 4 is 0 Å². The second-order valence-corrected chi connectivity index (χ2v) is 4.12. The van der Waals surface area contributed by atoms with Crippen LogP contribution in [0, 0.1) is 18.3 Å². The summed E-state index contributed by atoms with van der Waals surface area (Å²) in [5.41, 5.74) is 3.02. The first kappa shape index (κ1) is 13.0. The summed E-state index contributed by atoms with van der Waals surface area (Å²) in [5.74, 6) is 1.50. The summed E-state index contributed by atoms with van der Waals surface area (Å²) >= 11 is 0. The first-order valence-electron chi connectivity index (χ1n) is 5.78. The number of hydrogen-bond acceptors (Lipinski definition) is 4. The van der Waals surface area contributed by atoms with Crippen LogP contribution in [0.4, 0.5) is 0 Å². The molecule has 1 heterocycles. The highest BCUT2D eigenvalue weighted by Gasteiger charge is 2.16. The van der Waals surface area contributed by atoms with E-state index in [-0.39, 0.29) is 0 Å². The fourth-order valence-electron chi connectivity index (χ4n) is 2.13.